The van der Waals surface area contributed by atoms with Gasteiger partial charge < -0.3 is 14.2 Å². The van der Waals surface area contributed by atoms with Crippen molar-refractivity contribution in [3.05, 3.63) is 69.7 Å². The molecule has 0 aliphatic rings. The highest BCUT2D eigenvalue weighted by Crippen LogP contribution is 2.33. The van der Waals surface area contributed by atoms with Crippen molar-refractivity contribution in [2.24, 2.45) is 0 Å². The van der Waals surface area contributed by atoms with Crippen molar-refractivity contribution in [2.75, 3.05) is 13.7 Å². The normalized spacial score (nSPS) is 10.5. The second-order valence-electron chi connectivity index (χ2n) is 6.08. The average molecular weight is 415 g/mol. The van der Waals surface area contributed by atoms with Crippen LogP contribution < -0.4 is 9.47 Å². The van der Waals surface area contributed by atoms with Crippen LogP contribution in [0.25, 0.3) is 5.69 Å². The van der Waals surface area contributed by atoms with E-state index in [2.05, 4.69) is 5.10 Å². The van der Waals surface area contributed by atoms with Crippen LogP contribution in [0.5, 0.6) is 17.4 Å². The standard InChI is InChI=1S/C20H18FN3O6/c1-4-29-20(25)18-12(2)19(23(22-18)13-5-8-15(28-3)9-6-13)30-17-10-7-14(24(26)27)11-16(17)21/h5-11H,4H2,1-3H3. The molecule has 0 fully saturated rings. The molecule has 0 spiro atoms. The van der Waals surface area contributed by atoms with E-state index in [1.165, 1.54) is 11.8 Å². The molecule has 2 aromatic carbocycles. The summed E-state index contributed by atoms with van der Waals surface area (Å²) >= 11 is 0. The van der Waals surface area contributed by atoms with Gasteiger partial charge in [-0.15, -0.1) is 0 Å². The van der Waals surface area contributed by atoms with E-state index in [9.17, 15) is 19.3 Å². The molecule has 0 atom stereocenters. The first-order chi connectivity index (χ1) is 14.3. The lowest BCUT2D eigenvalue weighted by Crippen LogP contribution is -2.07. The summed E-state index contributed by atoms with van der Waals surface area (Å²) in [5, 5.41) is 15.1. The van der Waals surface area contributed by atoms with Crippen LogP contribution in [0.2, 0.25) is 0 Å². The first kappa shape index (κ1) is 20.8. The largest absolute Gasteiger partial charge is 0.497 e. The molecule has 10 heteroatoms. The van der Waals surface area contributed by atoms with Gasteiger partial charge in [0, 0.05) is 11.6 Å². The number of methoxy groups -OCH3 is 1. The van der Waals surface area contributed by atoms with E-state index in [0.717, 1.165) is 18.2 Å². The molecule has 3 rings (SSSR count). The number of aromatic nitrogens is 2. The van der Waals surface area contributed by atoms with Crippen LogP contribution in [0.1, 0.15) is 23.0 Å². The van der Waals surface area contributed by atoms with Gasteiger partial charge in [0.2, 0.25) is 5.88 Å². The first-order valence-corrected chi connectivity index (χ1v) is 8.88. The second-order valence-corrected chi connectivity index (χ2v) is 6.08. The Balaban J connectivity index is 2.09. The number of nitro groups is 1. The number of non-ortho nitro benzene ring substituents is 1. The fourth-order valence-electron chi connectivity index (χ4n) is 2.68. The van der Waals surface area contributed by atoms with Gasteiger partial charge in [0.25, 0.3) is 5.69 Å². The van der Waals surface area contributed by atoms with Crippen LogP contribution >= 0.6 is 0 Å². The minimum atomic E-state index is -0.927. The van der Waals surface area contributed by atoms with Gasteiger partial charge in [-0.1, -0.05) is 0 Å². The molecule has 1 aromatic heterocycles. The fourth-order valence-corrected chi connectivity index (χ4v) is 2.68. The quantitative estimate of drug-likeness (QED) is 0.323. The molecule has 0 bridgehead atoms. The molecular formula is C20H18FN3O6. The highest BCUT2D eigenvalue weighted by Gasteiger charge is 2.25. The summed E-state index contributed by atoms with van der Waals surface area (Å²) in [5.41, 5.74) is 0.436. The molecule has 0 amide bonds. The van der Waals surface area contributed by atoms with Crippen LogP contribution in [-0.2, 0) is 4.74 Å². The molecule has 3 aromatic rings. The number of benzene rings is 2. The summed E-state index contributed by atoms with van der Waals surface area (Å²) in [5.74, 6) is -1.16. The van der Waals surface area contributed by atoms with Crippen molar-refractivity contribution in [3.8, 4) is 23.1 Å². The van der Waals surface area contributed by atoms with Gasteiger partial charge >= 0.3 is 5.97 Å². The maximum Gasteiger partial charge on any atom is 0.359 e. The van der Waals surface area contributed by atoms with Crippen molar-refractivity contribution >= 4 is 11.7 Å². The third-order valence-electron chi connectivity index (χ3n) is 4.19. The molecule has 0 aliphatic carbocycles. The summed E-state index contributed by atoms with van der Waals surface area (Å²) in [7, 11) is 1.53. The molecule has 156 valence electrons. The number of carbonyl (C=O) groups is 1. The van der Waals surface area contributed by atoms with Crippen molar-refractivity contribution in [2.45, 2.75) is 13.8 Å². The number of esters is 1. The highest BCUT2D eigenvalue weighted by molar-refractivity contribution is 5.89. The van der Waals surface area contributed by atoms with Crippen LogP contribution in [0, 0.1) is 22.9 Å². The Morgan fingerprint density at radius 3 is 2.50 bits per heavy atom. The molecule has 0 radical (unpaired) electrons. The Bertz CT molecular complexity index is 1090. The van der Waals surface area contributed by atoms with E-state index in [1.807, 2.05) is 0 Å². The van der Waals surface area contributed by atoms with Crippen LogP contribution in [0.15, 0.2) is 42.5 Å². The number of rotatable bonds is 7. The van der Waals surface area contributed by atoms with E-state index >= 15 is 0 Å². The number of hydrogen-bond acceptors (Lipinski definition) is 7. The Morgan fingerprint density at radius 2 is 1.93 bits per heavy atom. The van der Waals surface area contributed by atoms with E-state index in [-0.39, 0.29) is 23.9 Å². The first-order valence-electron chi connectivity index (χ1n) is 8.88. The van der Waals surface area contributed by atoms with Crippen molar-refractivity contribution < 1.29 is 28.3 Å². The van der Waals surface area contributed by atoms with Crippen LogP contribution in [-0.4, -0.2) is 34.4 Å². The molecule has 30 heavy (non-hydrogen) atoms. The van der Waals surface area contributed by atoms with E-state index in [0.29, 0.717) is 17.0 Å². The fraction of sp³-hybridized carbons (Fsp3) is 0.200. The van der Waals surface area contributed by atoms with Crippen molar-refractivity contribution in [1.29, 1.82) is 0 Å². The zero-order valence-corrected chi connectivity index (χ0v) is 16.4. The summed E-state index contributed by atoms with van der Waals surface area (Å²) in [6, 6.07) is 9.75. The summed E-state index contributed by atoms with van der Waals surface area (Å²) in [6.45, 7) is 3.40. The Hall–Kier alpha value is -3.95. The summed E-state index contributed by atoms with van der Waals surface area (Å²) in [6.07, 6.45) is 0. The zero-order valence-electron chi connectivity index (χ0n) is 16.4. The van der Waals surface area contributed by atoms with Crippen molar-refractivity contribution in [3.63, 3.8) is 0 Å². The molecule has 0 saturated carbocycles. The maximum absolute atomic E-state index is 14.4. The van der Waals surface area contributed by atoms with E-state index in [4.69, 9.17) is 14.2 Å². The predicted molar refractivity (Wildman–Crippen MR) is 104 cm³/mol. The smallest absolute Gasteiger partial charge is 0.359 e. The SMILES string of the molecule is CCOC(=O)c1nn(-c2ccc(OC)cc2)c(Oc2ccc([N+](=O)[O-])cc2F)c1C. The number of nitro benzene ring substituents is 1. The van der Waals surface area contributed by atoms with Gasteiger partial charge in [0.05, 0.1) is 30.4 Å². The lowest BCUT2D eigenvalue weighted by Gasteiger charge is -2.11. The topological polar surface area (TPSA) is 106 Å². The van der Waals surface area contributed by atoms with Gasteiger partial charge in [-0.25, -0.2) is 9.18 Å². The van der Waals surface area contributed by atoms with Gasteiger partial charge in [0.1, 0.15) is 5.75 Å². The molecule has 0 aliphatic heterocycles. The Kier molecular flexibility index (Phi) is 5.95. The molecule has 9 nitrogen and oxygen atoms in total. The molecular weight excluding hydrogens is 397 g/mol. The number of carbonyl (C=O) groups excluding carboxylic acids is 1. The second kappa shape index (κ2) is 8.60. The lowest BCUT2D eigenvalue weighted by atomic mass is 10.2. The average Bonchev–Trinajstić information content (AvgIpc) is 3.06. The summed E-state index contributed by atoms with van der Waals surface area (Å²) < 4.78 is 31.6. The number of halogens is 1. The minimum Gasteiger partial charge on any atom is -0.497 e. The van der Waals surface area contributed by atoms with Crippen LogP contribution in [0.3, 0.4) is 0 Å². The van der Waals surface area contributed by atoms with Gasteiger partial charge in [-0.2, -0.15) is 9.78 Å². The number of ether oxygens (including phenoxy) is 3. The van der Waals surface area contributed by atoms with E-state index in [1.54, 1.807) is 38.1 Å². The minimum absolute atomic E-state index is 0.00462. The zero-order chi connectivity index (χ0) is 21.8. The highest BCUT2D eigenvalue weighted by atomic mass is 19.1. The molecule has 0 N–H and O–H groups in total. The lowest BCUT2D eigenvalue weighted by molar-refractivity contribution is -0.385. The number of hydrogen-bond donors (Lipinski definition) is 0. The Labute approximate surface area is 170 Å². The maximum atomic E-state index is 14.4. The van der Waals surface area contributed by atoms with Gasteiger partial charge in [0.15, 0.2) is 17.3 Å². The molecule has 1 heterocycles. The van der Waals surface area contributed by atoms with Gasteiger partial charge in [-0.05, 0) is 44.2 Å². The predicted octanol–water partition coefficient (Wildman–Crippen LogP) is 4.21. The molecule has 0 saturated heterocycles. The van der Waals surface area contributed by atoms with Crippen molar-refractivity contribution in [1.82, 2.24) is 9.78 Å². The van der Waals surface area contributed by atoms with Gasteiger partial charge in [-0.3, -0.25) is 10.1 Å². The third-order valence-corrected chi connectivity index (χ3v) is 4.19. The molecule has 0 unspecified atom stereocenters. The summed E-state index contributed by atoms with van der Waals surface area (Å²) in [4.78, 5) is 22.4. The third kappa shape index (κ3) is 4.07. The monoisotopic (exact) mass is 415 g/mol. The number of nitrogens with zero attached hydrogens (tertiary/aromatic N) is 3. The van der Waals surface area contributed by atoms with Crippen LogP contribution in [0.4, 0.5) is 10.1 Å². The Morgan fingerprint density at radius 1 is 1.23 bits per heavy atom. The van der Waals surface area contributed by atoms with E-state index < -0.39 is 22.4 Å².